The quantitative estimate of drug-likeness (QED) is 0.379. The van der Waals surface area contributed by atoms with Crippen LogP contribution < -0.4 is 16.4 Å². The summed E-state index contributed by atoms with van der Waals surface area (Å²) < 4.78 is 0. The molecule has 0 atom stereocenters. The first kappa shape index (κ1) is 18.8. The lowest BCUT2D eigenvalue weighted by Crippen LogP contribution is -2.37. The third-order valence-corrected chi connectivity index (χ3v) is 1.73. The van der Waals surface area contributed by atoms with Crippen molar-refractivity contribution in [2.75, 3.05) is 13.1 Å². The molecular weight excluding hydrogens is 331 g/mol. The molecule has 0 aliphatic carbocycles. The lowest BCUT2D eigenvalue weighted by molar-refractivity contribution is -0.121. The highest BCUT2D eigenvalue weighted by Crippen LogP contribution is 1.90. The van der Waals surface area contributed by atoms with E-state index in [4.69, 9.17) is 5.73 Å². The molecule has 4 N–H and O–H groups in total. The van der Waals surface area contributed by atoms with E-state index in [-0.39, 0.29) is 35.9 Å². The van der Waals surface area contributed by atoms with E-state index in [0.717, 1.165) is 0 Å². The van der Waals surface area contributed by atoms with E-state index in [0.29, 0.717) is 31.4 Å². The predicted molar refractivity (Wildman–Crippen MR) is 82.6 cm³/mol. The number of nitrogens with two attached hydrogens (primary N) is 1. The number of halogens is 1. The number of nitrogens with zero attached hydrogens (tertiary/aromatic N) is 1. The van der Waals surface area contributed by atoms with Crippen molar-refractivity contribution in [3.8, 4) is 0 Å². The molecule has 102 valence electrons. The summed E-state index contributed by atoms with van der Waals surface area (Å²) in [5.74, 6) is 0.926. The van der Waals surface area contributed by atoms with Crippen LogP contribution in [0.15, 0.2) is 4.99 Å². The molecule has 0 fully saturated rings. The van der Waals surface area contributed by atoms with Gasteiger partial charge < -0.3 is 16.4 Å². The van der Waals surface area contributed by atoms with Crippen LogP contribution in [0.25, 0.3) is 0 Å². The fraction of sp³-hybridized carbons (Fsp3) is 0.818. The number of hydrogen-bond acceptors (Lipinski definition) is 2. The Labute approximate surface area is 121 Å². The monoisotopic (exact) mass is 356 g/mol. The SMILES string of the molecule is CC(C)CN=C(N)NCCC(=O)NC(C)C.I. The second kappa shape index (κ2) is 10.6. The van der Waals surface area contributed by atoms with Gasteiger partial charge in [0.15, 0.2) is 5.96 Å². The molecule has 0 heterocycles. The van der Waals surface area contributed by atoms with Gasteiger partial charge in [-0.05, 0) is 19.8 Å². The van der Waals surface area contributed by atoms with Gasteiger partial charge in [0.2, 0.25) is 5.91 Å². The summed E-state index contributed by atoms with van der Waals surface area (Å²) >= 11 is 0. The second-order valence-corrected chi connectivity index (χ2v) is 4.52. The molecule has 0 bridgehead atoms. The van der Waals surface area contributed by atoms with Crippen molar-refractivity contribution in [2.24, 2.45) is 16.6 Å². The average molecular weight is 356 g/mol. The van der Waals surface area contributed by atoms with Gasteiger partial charge in [0.25, 0.3) is 0 Å². The van der Waals surface area contributed by atoms with Crippen molar-refractivity contribution in [2.45, 2.75) is 40.2 Å². The van der Waals surface area contributed by atoms with E-state index >= 15 is 0 Å². The first-order valence-electron chi connectivity index (χ1n) is 5.75. The van der Waals surface area contributed by atoms with Gasteiger partial charge in [-0.3, -0.25) is 9.79 Å². The Morgan fingerprint density at radius 1 is 1.29 bits per heavy atom. The van der Waals surface area contributed by atoms with Gasteiger partial charge in [-0.15, -0.1) is 24.0 Å². The minimum Gasteiger partial charge on any atom is -0.370 e. The van der Waals surface area contributed by atoms with E-state index in [2.05, 4.69) is 29.5 Å². The minimum atomic E-state index is 0. The fourth-order valence-corrected chi connectivity index (χ4v) is 1.04. The van der Waals surface area contributed by atoms with Crippen molar-refractivity contribution in [3.63, 3.8) is 0 Å². The molecule has 0 spiro atoms. The van der Waals surface area contributed by atoms with Crippen molar-refractivity contribution in [1.29, 1.82) is 0 Å². The highest BCUT2D eigenvalue weighted by Gasteiger charge is 2.02. The number of rotatable bonds is 6. The van der Waals surface area contributed by atoms with E-state index in [9.17, 15) is 4.79 Å². The van der Waals surface area contributed by atoms with E-state index in [1.54, 1.807) is 0 Å². The first-order valence-corrected chi connectivity index (χ1v) is 5.75. The Bertz CT molecular complexity index is 242. The fourth-order valence-electron chi connectivity index (χ4n) is 1.04. The summed E-state index contributed by atoms with van der Waals surface area (Å²) in [5.41, 5.74) is 5.62. The number of amides is 1. The zero-order valence-corrected chi connectivity index (χ0v) is 13.4. The Balaban J connectivity index is 0. The third-order valence-electron chi connectivity index (χ3n) is 1.73. The molecule has 5 nitrogen and oxygen atoms in total. The Kier molecular flexibility index (Phi) is 11.8. The van der Waals surface area contributed by atoms with Gasteiger partial charge in [0, 0.05) is 25.6 Å². The molecule has 0 unspecified atom stereocenters. The van der Waals surface area contributed by atoms with Gasteiger partial charge in [-0.2, -0.15) is 0 Å². The van der Waals surface area contributed by atoms with Crippen LogP contribution in [0.2, 0.25) is 0 Å². The van der Waals surface area contributed by atoms with Crippen molar-refractivity contribution < 1.29 is 4.79 Å². The average Bonchev–Trinajstić information content (AvgIpc) is 2.13. The van der Waals surface area contributed by atoms with Crippen molar-refractivity contribution >= 4 is 35.8 Å². The van der Waals surface area contributed by atoms with Crippen LogP contribution in [0.4, 0.5) is 0 Å². The Morgan fingerprint density at radius 2 is 1.88 bits per heavy atom. The summed E-state index contributed by atoms with van der Waals surface area (Å²) in [6.07, 6.45) is 0.413. The molecule has 0 aliphatic rings. The largest absolute Gasteiger partial charge is 0.370 e. The molecule has 0 radical (unpaired) electrons. The molecule has 0 rings (SSSR count). The molecule has 17 heavy (non-hydrogen) atoms. The summed E-state index contributed by atoms with van der Waals surface area (Å²) in [6.45, 7) is 9.25. The predicted octanol–water partition coefficient (Wildman–Crippen LogP) is 1.08. The number of aliphatic imine (C=N–C) groups is 1. The molecule has 0 aromatic heterocycles. The van der Waals surface area contributed by atoms with Crippen LogP contribution in [0.1, 0.15) is 34.1 Å². The smallest absolute Gasteiger partial charge is 0.221 e. The van der Waals surface area contributed by atoms with Crippen LogP contribution in [0.3, 0.4) is 0 Å². The standard InChI is InChI=1S/C11H24N4O.HI/c1-8(2)7-14-11(12)13-6-5-10(16)15-9(3)4;/h8-9H,5-7H2,1-4H3,(H,15,16)(H3,12,13,14);1H. The number of hydrogen-bond donors (Lipinski definition) is 3. The third kappa shape index (κ3) is 13.4. The van der Waals surface area contributed by atoms with Crippen LogP contribution >= 0.6 is 24.0 Å². The summed E-state index contributed by atoms with van der Waals surface area (Å²) in [5, 5.41) is 5.72. The van der Waals surface area contributed by atoms with Gasteiger partial charge in [-0.1, -0.05) is 13.8 Å². The highest BCUT2D eigenvalue weighted by molar-refractivity contribution is 14.0. The maximum Gasteiger partial charge on any atom is 0.221 e. The number of nitrogens with one attached hydrogen (secondary N) is 2. The van der Waals surface area contributed by atoms with Crippen LogP contribution in [-0.4, -0.2) is 31.0 Å². The highest BCUT2D eigenvalue weighted by atomic mass is 127. The molecular formula is C11H25IN4O. The van der Waals surface area contributed by atoms with Crippen LogP contribution in [0, 0.1) is 5.92 Å². The zero-order valence-electron chi connectivity index (χ0n) is 11.1. The molecule has 0 saturated heterocycles. The van der Waals surface area contributed by atoms with Gasteiger partial charge in [0.05, 0.1) is 0 Å². The molecule has 0 aliphatic heterocycles. The lowest BCUT2D eigenvalue weighted by Gasteiger charge is -2.09. The normalized spacial score (nSPS) is 11.3. The van der Waals surface area contributed by atoms with Crippen LogP contribution in [0.5, 0.6) is 0 Å². The van der Waals surface area contributed by atoms with Gasteiger partial charge in [0.1, 0.15) is 0 Å². The summed E-state index contributed by atoms with van der Waals surface area (Å²) in [6, 6.07) is 0.180. The zero-order chi connectivity index (χ0) is 12.6. The van der Waals surface area contributed by atoms with E-state index in [1.807, 2.05) is 13.8 Å². The summed E-state index contributed by atoms with van der Waals surface area (Å²) in [4.78, 5) is 15.4. The van der Waals surface area contributed by atoms with Gasteiger partial charge in [-0.25, -0.2) is 0 Å². The Hall–Kier alpha value is -0.530. The number of carbonyl (C=O) groups is 1. The van der Waals surface area contributed by atoms with E-state index < -0.39 is 0 Å². The number of guanidine groups is 1. The molecule has 6 heteroatoms. The Morgan fingerprint density at radius 3 is 2.35 bits per heavy atom. The number of carbonyl (C=O) groups excluding carboxylic acids is 1. The molecule has 0 aromatic carbocycles. The summed E-state index contributed by atoms with van der Waals surface area (Å²) in [7, 11) is 0. The van der Waals surface area contributed by atoms with E-state index in [1.165, 1.54) is 0 Å². The molecule has 0 saturated carbocycles. The molecule has 0 aromatic rings. The minimum absolute atomic E-state index is 0. The van der Waals surface area contributed by atoms with Gasteiger partial charge >= 0.3 is 0 Å². The van der Waals surface area contributed by atoms with Crippen molar-refractivity contribution in [3.05, 3.63) is 0 Å². The topological polar surface area (TPSA) is 79.5 Å². The van der Waals surface area contributed by atoms with Crippen LogP contribution in [-0.2, 0) is 4.79 Å². The lowest BCUT2D eigenvalue weighted by atomic mass is 10.2. The maximum absolute atomic E-state index is 11.3. The first-order chi connectivity index (χ1) is 7.41. The second-order valence-electron chi connectivity index (χ2n) is 4.52. The maximum atomic E-state index is 11.3. The molecule has 1 amide bonds. The van der Waals surface area contributed by atoms with Crippen molar-refractivity contribution in [1.82, 2.24) is 10.6 Å².